The van der Waals surface area contributed by atoms with Crippen molar-refractivity contribution in [3.05, 3.63) is 15.3 Å². The van der Waals surface area contributed by atoms with E-state index in [0.717, 1.165) is 11.4 Å². The van der Waals surface area contributed by atoms with E-state index in [1.807, 2.05) is 0 Å². The van der Waals surface area contributed by atoms with E-state index < -0.39 is 5.97 Å². The molecule has 0 unspecified atom stereocenters. The van der Waals surface area contributed by atoms with Gasteiger partial charge in [-0.1, -0.05) is 13.8 Å². The van der Waals surface area contributed by atoms with Crippen LogP contribution in [0.15, 0.2) is 0 Å². The molecule has 0 fully saturated rings. The van der Waals surface area contributed by atoms with Gasteiger partial charge in [-0.3, -0.25) is 4.79 Å². The van der Waals surface area contributed by atoms with E-state index in [1.54, 1.807) is 13.8 Å². The molecule has 0 aromatic carbocycles. The highest BCUT2D eigenvalue weighted by Crippen LogP contribution is 2.31. The van der Waals surface area contributed by atoms with Crippen molar-refractivity contribution in [1.82, 2.24) is 5.32 Å². The van der Waals surface area contributed by atoms with Crippen molar-refractivity contribution in [2.45, 2.75) is 27.7 Å². The number of carbonyl (C=O) groups is 2. The maximum Gasteiger partial charge on any atom is 0.350 e. The minimum atomic E-state index is -0.478. The lowest BCUT2D eigenvalue weighted by Crippen LogP contribution is -3.07. The van der Waals surface area contributed by atoms with Crippen LogP contribution in [-0.2, 0) is 4.74 Å². The van der Waals surface area contributed by atoms with Crippen molar-refractivity contribution in [2.24, 2.45) is 5.41 Å². The van der Waals surface area contributed by atoms with Gasteiger partial charge in [0, 0.05) is 16.8 Å². The molecule has 6 nitrogen and oxygen atoms in total. The molecule has 7 heteroatoms. The van der Waals surface area contributed by atoms with Crippen LogP contribution in [0.1, 0.15) is 45.7 Å². The van der Waals surface area contributed by atoms with Gasteiger partial charge in [0.25, 0.3) is 5.91 Å². The molecule has 1 heterocycles. The number of esters is 1. The molecule has 130 valence electrons. The lowest BCUT2D eigenvalue weighted by Gasteiger charge is -2.26. The molecule has 23 heavy (non-hydrogen) atoms. The number of nitrogens with one attached hydrogen (secondary N) is 2. The predicted molar refractivity (Wildman–Crippen MR) is 93.2 cm³/mol. The van der Waals surface area contributed by atoms with Crippen molar-refractivity contribution in [3.8, 4) is 0 Å². The smallest absolute Gasteiger partial charge is 0.350 e. The highest BCUT2D eigenvalue weighted by molar-refractivity contribution is 7.15. The van der Waals surface area contributed by atoms with Crippen molar-refractivity contribution >= 4 is 28.9 Å². The second kappa shape index (κ2) is 7.79. The van der Waals surface area contributed by atoms with E-state index >= 15 is 0 Å². The van der Waals surface area contributed by atoms with E-state index in [-0.39, 0.29) is 23.6 Å². The topological polar surface area (TPSA) is 85.9 Å². The molecule has 0 radical (unpaired) electrons. The molecule has 0 aliphatic heterocycles. The minimum Gasteiger partial charge on any atom is -0.462 e. The monoisotopic (exact) mass is 342 g/mol. The van der Waals surface area contributed by atoms with Gasteiger partial charge in [0.15, 0.2) is 0 Å². The number of amides is 1. The summed E-state index contributed by atoms with van der Waals surface area (Å²) in [6, 6.07) is 0. The average molecular weight is 342 g/mol. The normalized spacial score (nSPS) is 11.6. The number of quaternary nitrogens is 1. The van der Waals surface area contributed by atoms with Crippen LogP contribution < -0.4 is 16.0 Å². The van der Waals surface area contributed by atoms with E-state index in [0.29, 0.717) is 17.0 Å². The molecule has 4 N–H and O–H groups in total. The number of thiophene rings is 1. The van der Waals surface area contributed by atoms with Crippen LogP contribution in [0.25, 0.3) is 0 Å². The SMILES string of the molecule is CCOC(=O)c1sc(C)c(C(=O)NCC(C)(C)C[NH+](C)C)c1N. The Balaban J connectivity index is 2.87. The maximum atomic E-state index is 12.5. The zero-order valence-electron chi connectivity index (χ0n) is 14.8. The van der Waals surface area contributed by atoms with E-state index in [4.69, 9.17) is 10.5 Å². The van der Waals surface area contributed by atoms with Gasteiger partial charge in [-0.15, -0.1) is 11.3 Å². The number of anilines is 1. The van der Waals surface area contributed by atoms with Gasteiger partial charge >= 0.3 is 5.97 Å². The number of carbonyl (C=O) groups excluding carboxylic acids is 2. The number of nitrogens with two attached hydrogens (primary N) is 1. The zero-order valence-corrected chi connectivity index (χ0v) is 15.6. The number of rotatable bonds is 7. The molecule has 1 aromatic heterocycles. The Labute approximate surface area is 142 Å². The number of nitrogen functional groups attached to an aromatic ring is 1. The summed E-state index contributed by atoms with van der Waals surface area (Å²) in [6.07, 6.45) is 0. The molecule has 0 aliphatic carbocycles. The van der Waals surface area contributed by atoms with E-state index in [2.05, 4.69) is 33.3 Å². The second-order valence-corrected chi connectivity index (χ2v) is 7.95. The summed E-state index contributed by atoms with van der Waals surface area (Å²) in [5.74, 6) is -0.720. The largest absolute Gasteiger partial charge is 0.462 e. The van der Waals surface area contributed by atoms with Crippen LogP contribution in [0.2, 0.25) is 0 Å². The minimum absolute atomic E-state index is 0.0306. The average Bonchev–Trinajstić information content (AvgIpc) is 2.70. The fourth-order valence-electron chi connectivity index (χ4n) is 2.62. The summed E-state index contributed by atoms with van der Waals surface area (Å²) in [4.78, 5) is 26.7. The first-order valence-corrected chi connectivity index (χ1v) is 8.54. The van der Waals surface area contributed by atoms with Gasteiger partial charge in [0.1, 0.15) is 4.88 Å². The third-order valence-electron chi connectivity index (χ3n) is 3.37. The first-order chi connectivity index (χ1) is 10.6. The summed E-state index contributed by atoms with van der Waals surface area (Å²) >= 11 is 1.20. The van der Waals surface area contributed by atoms with E-state index in [1.165, 1.54) is 16.2 Å². The van der Waals surface area contributed by atoms with Crippen molar-refractivity contribution < 1.29 is 19.2 Å². The van der Waals surface area contributed by atoms with Crippen LogP contribution in [0.3, 0.4) is 0 Å². The number of ether oxygens (including phenoxy) is 1. The first kappa shape index (κ1) is 19.4. The summed E-state index contributed by atoms with van der Waals surface area (Å²) in [5, 5.41) is 2.93. The van der Waals surface area contributed by atoms with Crippen LogP contribution >= 0.6 is 11.3 Å². The summed E-state index contributed by atoms with van der Waals surface area (Å²) in [6.45, 7) is 9.48. The Hall–Kier alpha value is -1.60. The third-order valence-corrected chi connectivity index (χ3v) is 4.47. The summed E-state index contributed by atoms with van der Waals surface area (Å²) < 4.78 is 4.97. The molecule has 1 rings (SSSR count). The van der Waals surface area contributed by atoms with Crippen molar-refractivity contribution in [1.29, 1.82) is 0 Å². The van der Waals surface area contributed by atoms with Gasteiger partial charge in [-0.05, 0) is 13.8 Å². The molecular weight excluding hydrogens is 314 g/mol. The maximum absolute atomic E-state index is 12.5. The molecule has 1 aromatic rings. The predicted octanol–water partition coefficient (Wildman–Crippen LogP) is 0.716. The number of aryl methyl sites for hydroxylation is 1. The second-order valence-electron chi connectivity index (χ2n) is 6.73. The molecule has 0 bridgehead atoms. The fourth-order valence-corrected chi connectivity index (χ4v) is 3.59. The van der Waals surface area contributed by atoms with Gasteiger partial charge in [0.05, 0.1) is 38.5 Å². The van der Waals surface area contributed by atoms with Gasteiger partial charge < -0.3 is 20.7 Å². The van der Waals surface area contributed by atoms with Crippen LogP contribution in [0, 0.1) is 12.3 Å². The van der Waals surface area contributed by atoms with E-state index in [9.17, 15) is 9.59 Å². The standard InChI is InChI=1S/C16H27N3O3S/c1-7-22-15(21)13-12(17)11(10(2)23-13)14(20)18-8-16(3,4)9-19(5)6/h7-9,17H2,1-6H3,(H,18,20)/p+1. The molecule has 1 amide bonds. The van der Waals surface area contributed by atoms with Crippen molar-refractivity contribution in [2.75, 3.05) is 39.5 Å². The van der Waals surface area contributed by atoms with Crippen molar-refractivity contribution in [3.63, 3.8) is 0 Å². The number of hydrogen-bond donors (Lipinski definition) is 3. The van der Waals surface area contributed by atoms with Crippen LogP contribution in [0.4, 0.5) is 5.69 Å². The Morgan fingerprint density at radius 2 is 1.96 bits per heavy atom. The highest BCUT2D eigenvalue weighted by atomic mass is 32.1. The third kappa shape index (κ3) is 5.21. The molecule has 0 spiro atoms. The molecular formula is C16H28N3O3S+. The van der Waals surface area contributed by atoms with Gasteiger partial charge in [-0.2, -0.15) is 0 Å². The Morgan fingerprint density at radius 3 is 2.48 bits per heavy atom. The highest BCUT2D eigenvalue weighted by Gasteiger charge is 2.27. The quantitative estimate of drug-likeness (QED) is 0.637. The molecule has 0 atom stereocenters. The van der Waals surface area contributed by atoms with Crippen LogP contribution in [0.5, 0.6) is 0 Å². The Morgan fingerprint density at radius 1 is 1.35 bits per heavy atom. The molecule has 0 aliphatic rings. The molecule has 0 saturated carbocycles. The lowest BCUT2D eigenvalue weighted by atomic mass is 9.93. The lowest BCUT2D eigenvalue weighted by molar-refractivity contribution is -0.865. The Kier molecular flexibility index (Phi) is 6.58. The fraction of sp³-hybridized carbons (Fsp3) is 0.625. The molecule has 0 saturated heterocycles. The Bertz CT molecular complexity index is 579. The van der Waals surface area contributed by atoms with Gasteiger partial charge in [0.2, 0.25) is 0 Å². The summed E-state index contributed by atoms with van der Waals surface area (Å²) in [5.41, 5.74) is 6.56. The zero-order chi connectivity index (χ0) is 17.8. The summed E-state index contributed by atoms with van der Waals surface area (Å²) in [7, 11) is 4.16. The van der Waals surface area contributed by atoms with Crippen LogP contribution in [-0.4, -0.2) is 45.7 Å². The number of hydrogen-bond acceptors (Lipinski definition) is 5. The van der Waals surface area contributed by atoms with Gasteiger partial charge in [-0.25, -0.2) is 4.79 Å². The first-order valence-electron chi connectivity index (χ1n) is 7.72.